The molecule has 2 amide bonds. The molecule has 4 aromatic rings. The van der Waals surface area contributed by atoms with Crippen molar-refractivity contribution in [3.05, 3.63) is 83.3 Å². The van der Waals surface area contributed by atoms with Gasteiger partial charge in [-0.05, 0) is 52.9 Å². The average molecular weight is 540 g/mol. The number of nitrogens with zero attached hydrogens (tertiary/aromatic N) is 4. The summed E-state index contributed by atoms with van der Waals surface area (Å²) in [6, 6.07) is 19.0. The monoisotopic (exact) mass is 539 g/mol. The molecule has 1 aliphatic rings. The molecule has 9 heteroatoms. The zero-order chi connectivity index (χ0) is 28.1. The highest BCUT2D eigenvalue weighted by molar-refractivity contribution is 5.98. The van der Waals surface area contributed by atoms with Gasteiger partial charge in [-0.15, -0.1) is 0 Å². The summed E-state index contributed by atoms with van der Waals surface area (Å²) < 4.78 is 12.4. The normalized spacial score (nSPS) is 13.9. The van der Waals surface area contributed by atoms with Crippen LogP contribution in [0.4, 0.5) is 16.2 Å². The van der Waals surface area contributed by atoms with Crippen LogP contribution in [0.1, 0.15) is 23.0 Å². The number of hydrogen-bond acceptors (Lipinski definition) is 5. The Bertz CT molecular complexity index is 1580. The number of methoxy groups -OCH3 is 1. The summed E-state index contributed by atoms with van der Waals surface area (Å²) >= 11 is 0. The number of anilines is 1. The van der Waals surface area contributed by atoms with Gasteiger partial charge in [0.25, 0.3) is 0 Å². The lowest BCUT2D eigenvalue weighted by Gasteiger charge is -2.34. The van der Waals surface area contributed by atoms with Gasteiger partial charge in [0, 0.05) is 57.6 Å². The molecule has 0 bridgehead atoms. The van der Waals surface area contributed by atoms with Gasteiger partial charge in [-0.1, -0.05) is 36.4 Å². The number of nitrogens with one attached hydrogen (secondary N) is 1. The molecule has 0 spiro atoms. The van der Waals surface area contributed by atoms with E-state index in [0.717, 1.165) is 46.9 Å². The van der Waals surface area contributed by atoms with Crippen LogP contribution in [0.25, 0.3) is 26.5 Å². The Morgan fingerprint density at radius 1 is 1.00 bits per heavy atom. The Balaban J connectivity index is 1.46. The first-order chi connectivity index (χ1) is 19.5. The molecule has 1 fully saturated rings. The molecule has 3 aromatic carbocycles. The van der Waals surface area contributed by atoms with Gasteiger partial charge in [0.15, 0.2) is 5.69 Å². The quantitative estimate of drug-likeness (QED) is 0.241. The van der Waals surface area contributed by atoms with Crippen LogP contribution in [-0.2, 0) is 16.0 Å². The Hall–Kier alpha value is -4.39. The number of benzene rings is 3. The van der Waals surface area contributed by atoms with Gasteiger partial charge in [-0.25, -0.2) is 14.4 Å². The molecule has 1 aliphatic heterocycles. The van der Waals surface area contributed by atoms with Crippen molar-refractivity contribution in [1.29, 1.82) is 0 Å². The van der Waals surface area contributed by atoms with Crippen molar-refractivity contribution in [2.75, 3.05) is 58.4 Å². The fourth-order valence-corrected chi connectivity index (χ4v) is 5.22. The van der Waals surface area contributed by atoms with E-state index in [1.807, 2.05) is 51.9 Å². The third-order valence-electron chi connectivity index (χ3n) is 7.30. The number of carbonyl (C=O) groups excluding carboxylic acids is 2. The van der Waals surface area contributed by atoms with E-state index < -0.39 is 5.97 Å². The van der Waals surface area contributed by atoms with Crippen molar-refractivity contribution in [1.82, 2.24) is 14.4 Å². The molecule has 0 aliphatic carbocycles. The minimum Gasteiger partial charge on any atom is -0.461 e. The maximum absolute atomic E-state index is 13.2. The molecular formula is C31H33N5O4. The van der Waals surface area contributed by atoms with Gasteiger partial charge in [-0.3, -0.25) is 4.90 Å². The largest absolute Gasteiger partial charge is 0.461 e. The lowest BCUT2D eigenvalue weighted by molar-refractivity contribution is 0.0515. The number of esters is 1. The highest BCUT2D eigenvalue weighted by Crippen LogP contribution is 2.30. The molecule has 40 heavy (non-hydrogen) atoms. The molecule has 206 valence electrons. The first kappa shape index (κ1) is 27.2. The van der Waals surface area contributed by atoms with Crippen LogP contribution in [0, 0.1) is 6.57 Å². The molecule has 0 unspecified atom stereocenters. The van der Waals surface area contributed by atoms with Gasteiger partial charge in [0.1, 0.15) is 5.69 Å². The number of hydrogen-bond donors (Lipinski definition) is 1. The minimum atomic E-state index is -0.415. The Kier molecular flexibility index (Phi) is 8.29. The Morgan fingerprint density at radius 3 is 2.55 bits per heavy atom. The summed E-state index contributed by atoms with van der Waals surface area (Å²) in [5.74, 6) is -0.415. The summed E-state index contributed by atoms with van der Waals surface area (Å²) in [6.45, 7) is 14.3. The van der Waals surface area contributed by atoms with E-state index in [1.165, 1.54) is 0 Å². The van der Waals surface area contributed by atoms with E-state index in [-0.39, 0.29) is 12.6 Å². The molecule has 1 saturated heterocycles. The van der Waals surface area contributed by atoms with Gasteiger partial charge < -0.3 is 24.3 Å². The highest BCUT2D eigenvalue weighted by atomic mass is 16.5. The number of rotatable bonds is 8. The van der Waals surface area contributed by atoms with Crippen molar-refractivity contribution < 1.29 is 19.1 Å². The summed E-state index contributed by atoms with van der Waals surface area (Å²) in [7, 11) is 1.70. The molecule has 0 radical (unpaired) electrons. The lowest BCUT2D eigenvalue weighted by Crippen LogP contribution is -2.50. The summed E-state index contributed by atoms with van der Waals surface area (Å²) in [5.41, 5.74) is 3.33. The minimum absolute atomic E-state index is 0.132. The number of ether oxygens (including phenoxy) is 2. The zero-order valence-electron chi connectivity index (χ0n) is 22.9. The lowest BCUT2D eigenvalue weighted by atomic mass is 10.0. The van der Waals surface area contributed by atoms with Gasteiger partial charge in [-0.2, -0.15) is 0 Å². The standard InChI is InChI=1S/C31H33N5O4/c1-4-40-30(37)29-19-23-9-10-25(32-2)20-28(23)36(29)21-24-18-26(17-22-7-5-6-8-27(22)24)33-31(38)35-13-11-34(12-14-35)15-16-39-3/h5-10,17-20H,4,11-16,21H2,1,3H3,(H,33,38). The second-order valence-electron chi connectivity index (χ2n) is 9.80. The number of aromatic nitrogens is 1. The average Bonchev–Trinajstić information content (AvgIpc) is 3.34. The van der Waals surface area contributed by atoms with Crippen molar-refractivity contribution in [3.63, 3.8) is 0 Å². The molecule has 1 N–H and O–H groups in total. The topological polar surface area (TPSA) is 80.4 Å². The van der Waals surface area contributed by atoms with Crippen LogP contribution in [0.15, 0.2) is 60.7 Å². The number of carbonyl (C=O) groups is 2. The van der Waals surface area contributed by atoms with Gasteiger partial charge in [0.05, 0.1) is 19.8 Å². The van der Waals surface area contributed by atoms with Crippen molar-refractivity contribution in [2.45, 2.75) is 13.5 Å². The Labute approximate surface area is 233 Å². The van der Waals surface area contributed by atoms with Gasteiger partial charge in [0.2, 0.25) is 0 Å². The fraction of sp³-hybridized carbons (Fsp3) is 0.323. The van der Waals surface area contributed by atoms with Crippen LogP contribution < -0.4 is 5.32 Å². The van der Waals surface area contributed by atoms with Crippen molar-refractivity contribution in [2.24, 2.45) is 0 Å². The van der Waals surface area contributed by atoms with E-state index in [1.54, 1.807) is 32.2 Å². The van der Waals surface area contributed by atoms with Crippen LogP contribution in [-0.4, -0.2) is 79.4 Å². The maximum atomic E-state index is 13.2. The molecule has 1 aromatic heterocycles. The number of piperazine rings is 1. The van der Waals surface area contributed by atoms with Crippen LogP contribution in [0.5, 0.6) is 0 Å². The van der Waals surface area contributed by atoms with E-state index in [0.29, 0.717) is 43.3 Å². The van der Waals surface area contributed by atoms with Crippen LogP contribution >= 0.6 is 0 Å². The van der Waals surface area contributed by atoms with Crippen molar-refractivity contribution in [3.8, 4) is 0 Å². The molecule has 2 heterocycles. The first-order valence-electron chi connectivity index (χ1n) is 13.5. The Morgan fingerprint density at radius 2 is 1.80 bits per heavy atom. The maximum Gasteiger partial charge on any atom is 0.354 e. The van der Waals surface area contributed by atoms with E-state index in [2.05, 4.69) is 15.1 Å². The van der Waals surface area contributed by atoms with E-state index >= 15 is 0 Å². The first-order valence-corrected chi connectivity index (χ1v) is 13.5. The molecule has 9 nitrogen and oxygen atoms in total. The second-order valence-corrected chi connectivity index (χ2v) is 9.80. The van der Waals surface area contributed by atoms with E-state index in [9.17, 15) is 9.59 Å². The fourth-order valence-electron chi connectivity index (χ4n) is 5.22. The SMILES string of the molecule is [C-]#[N+]c1ccc2cc(C(=O)OCC)n(Cc3cc(NC(=O)N4CCN(CCOC)CC4)cc4ccccc34)c2c1. The predicted molar refractivity (Wildman–Crippen MR) is 156 cm³/mol. The smallest absolute Gasteiger partial charge is 0.354 e. The molecule has 5 rings (SSSR count). The summed E-state index contributed by atoms with van der Waals surface area (Å²) in [5, 5.41) is 5.95. The van der Waals surface area contributed by atoms with Crippen molar-refractivity contribution >= 4 is 45.1 Å². The van der Waals surface area contributed by atoms with E-state index in [4.69, 9.17) is 16.0 Å². The highest BCUT2D eigenvalue weighted by Gasteiger charge is 2.22. The van der Waals surface area contributed by atoms with Crippen LogP contribution in [0.3, 0.4) is 0 Å². The summed E-state index contributed by atoms with van der Waals surface area (Å²) in [6.07, 6.45) is 0. The molecule has 0 atom stereocenters. The predicted octanol–water partition coefficient (Wildman–Crippen LogP) is 5.37. The van der Waals surface area contributed by atoms with Crippen LogP contribution in [0.2, 0.25) is 0 Å². The zero-order valence-corrected chi connectivity index (χ0v) is 22.9. The number of fused-ring (bicyclic) bond motifs is 2. The third kappa shape index (κ3) is 5.78. The number of amides is 2. The molecular weight excluding hydrogens is 506 g/mol. The molecule has 0 saturated carbocycles. The number of urea groups is 1. The third-order valence-corrected chi connectivity index (χ3v) is 7.30. The second kappa shape index (κ2) is 12.2. The summed E-state index contributed by atoms with van der Waals surface area (Å²) in [4.78, 5) is 33.8. The van der Waals surface area contributed by atoms with Gasteiger partial charge >= 0.3 is 12.0 Å².